The molecule has 0 unspecified atom stereocenters. The number of alkyl halides is 3. The molecule has 0 saturated heterocycles. The fraction of sp³-hybridized carbons (Fsp3) is 0.167. The van der Waals surface area contributed by atoms with Gasteiger partial charge in [-0.15, -0.1) is 0 Å². The normalized spacial score (nSPS) is 12.7. The standard InChI is InChI=1S/C24H17F4NO4/c25-20-11-18(24(26,27)28)4-5-19(20)22(30)29-12-17-10-16(9-14-6-7-33-21(14)17)13-2-1-3-15(8-13)23(31)32/h1-5,8-11H,6-7,12H2,(H,29,30)(H,31,32). The van der Waals surface area contributed by atoms with E-state index >= 15 is 0 Å². The van der Waals surface area contributed by atoms with Gasteiger partial charge in [-0.3, -0.25) is 4.79 Å². The van der Waals surface area contributed by atoms with E-state index in [-0.39, 0.29) is 18.2 Å². The van der Waals surface area contributed by atoms with E-state index in [1.165, 1.54) is 12.1 Å². The Morgan fingerprint density at radius 2 is 1.82 bits per heavy atom. The van der Waals surface area contributed by atoms with Gasteiger partial charge in [-0.05, 0) is 59.2 Å². The number of halogens is 4. The zero-order valence-corrected chi connectivity index (χ0v) is 17.0. The van der Waals surface area contributed by atoms with Crippen LogP contribution in [-0.2, 0) is 19.1 Å². The smallest absolute Gasteiger partial charge is 0.416 e. The minimum absolute atomic E-state index is 0.0614. The first-order valence-electron chi connectivity index (χ1n) is 9.91. The molecule has 2 N–H and O–H groups in total. The molecular formula is C24H17F4NO4. The second-order valence-electron chi connectivity index (χ2n) is 7.48. The second-order valence-corrected chi connectivity index (χ2v) is 7.48. The maximum Gasteiger partial charge on any atom is 0.416 e. The molecule has 0 fully saturated rings. The summed E-state index contributed by atoms with van der Waals surface area (Å²) in [5.41, 5.74) is 1.26. The summed E-state index contributed by atoms with van der Waals surface area (Å²) in [5.74, 6) is -2.64. The van der Waals surface area contributed by atoms with Gasteiger partial charge in [-0.25, -0.2) is 9.18 Å². The number of benzene rings is 3. The largest absolute Gasteiger partial charge is 0.493 e. The molecule has 0 atom stereocenters. The van der Waals surface area contributed by atoms with Gasteiger partial charge in [0.1, 0.15) is 11.6 Å². The number of rotatable bonds is 5. The molecule has 170 valence electrons. The summed E-state index contributed by atoms with van der Waals surface area (Å²) in [4.78, 5) is 23.7. The highest BCUT2D eigenvalue weighted by molar-refractivity contribution is 5.94. The maximum atomic E-state index is 14.1. The first-order valence-corrected chi connectivity index (χ1v) is 9.91. The molecule has 3 aromatic carbocycles. The van der Waals surface area contributed by atoms with Crippen molar-refractivity contribution in [1.29, 1.82) is 0 Å². The predicted octanol–water partition coefficient (Wildman–Crippen LogP) is 5.07. The molecular weight excluding hydrogens is 442 g/mol. The van der Waals surface area contributed by atoms with Gasteiger partial charge >= 0.3 is 12.1 Å². The molecule has 9 heteroatoms. The van der Waals surface area contributed by atoms with E-state index in [0.29, 0.717) is 41.5 Å². The van der Waals surface area contributed by atoms with Crippen molar-refractivity contribution < 1.29 is 37.0 Å². The van der Waals surface area contributed by atoms with Crippen LogP contribution in [0.3, 0.4) is 0 Å². The Kier molecular flexibility index (Phi) is 5.80. The van der Waals surface area contributed by atoms with E-state index < -0.39 is 35.0 Å². The Labute approximate surface area is 185 Å². The van der Waals surface area contributed by atoms with Crippen LogP contribution >= 0.6 is 0 Å². The minimum Gasteiger partial charge on any atom is -0.493 e. The molecule has 1 aliphatic rings. The SMILES string of the molecule is O=C(O)c1cccc(-c2cc3c(c(CNC(=O)c4ccc(C(F)(F)F)cc4F)c2)OCC3)c1. The Morgan fingerprint density at radius 1 is 1.03 bits per heavy atom. The highest BCUT2D eigenvalue weighted by Gasteiger charge is 2.31. The number of hydrogen-bond donors (Lipinski definition) is 2. The zero-order valence-electron chi connectivity index (χ0n) is 17.0. The third-order valence-corrected chi connectivity index (χ3v) is 5.28. The lowest BCUT2D eigenvalue weighted by Gasteiger charge is -2.14. The second kappa shape index (κ2) is 8.57. The van der Waals surface area contributed by atoms with Crippen molar-refractivity contribution >= 4 is 11.9 Å². The molecule has 1 amide bonds. The van der Waals surface area contributed by atoms with Gasteiger partial charge in [0.2, 0.25) is 0 Å². The van der Waals surface area contributed by atoms with E-state index in [4.69, 9.17) is 4.74 Å². The van der Waals surface area contributed by atoms with Crippen LogP contribution in [0.2, 0.25) is 0 Å². The van der Waals surface area contributed by atoms with Crippen molar-refractivity contribution in [2.45, 2.75) is 19.1 Å². The predicted molar refractivity (Wildman–Crippen MR) is 111 cm³/mol. The fourth-order valence-electron chi connectivity index (χ4n) is 3.66. The maximum absolute atomic E-state index is 14.1. The quantitative estimate of drug-likeness (QED) is 0.522. The Bertz CT molecular complexity index is 1250. The van der Waals surface area contributed by atoms with Crippen molar-refractivity contribution in [3.8, 4) is 16.9 Å². The van der Waals surface area contributed by atoms with Gasteiger partial charge < -0.3 is 15.2 Å². The average molecular weight is 459 g/mol. The van der Waals surface area contributed by atoms with Crippen LogP contribution in [0.5, 0.6) is 5.75 Å². The molecule has 0 radical (unpaired) electrons. The van der Waals surface area contributed by atoms with E-state index in [0.717, 1.165) is 11.6 Å². The third kappa shape index (κ3) is 4.67. The first-order chi connectivity index (χ1) is 15.6. The Morgan fingerprint density at radius 3 is 2.52 bits per heavy atom. The molecule has 5 nitrogen and oxygen atoms in total. The van der Waals surface area contributed by atoms with Gasteiger partial charge in [-0.1, -0.05) is 12.1 Å². The van der Waals surface area contributed by atoms with Crippen molar-refractivity contribution in [2.24, 2.45) is 0 Å². The van der Waals surface area contributed by atoms with Crippen molar-refractivity contribution in [1.82, 2.24) is 5.32 Å². The molecule has 1 heterocycles. The van der Waals surface area contributed by atoms with Crippen molar-refractivity contribution in [3.63, 3.8) is 0 Å². The number of nitrogens with one attached hydrogen (secondary N) is 1. The summed E-state index contributed by atoms with van der Waals surface area (Å²) >= 11 is 0. The van der Waals surface area contributed by atoms with Crippen molar-refractivity contribution in [3.05, 3.63) is 88.2 Å². The zero-order chi connectivity index (χ0) is 23.8. The van der Waals surface area contributed by atoms with Crippen LogP contribution in [-0.4, -0.2) is 23.6 Å². The van der Waals surface area contributed by atoms with E-state index in [9.17, 15) is 32.3 Å². The number of amides is 1. The van der Waals surface area contributed by atoms with Gasteiger partial charge in [0, 0.05) is 18.5 Å². The molecule has 0 aromatic heterocycles. The molecule has 1 aliphatic heterocycles. The lowest BCUT2D eigenvalue weighted by atomic mass is 9.97. The average Bonchev–Trinajstić information content (AvgIpc) is 3.25. The molecule has 33 heavy (non-hydrogen) atoms. The number of carboxylic acid groups (broad SMARTS) is 1. The van der Waals surface area contributed by atoms with Gasteiger partial charge in [-0.2, -0.15) is 13.2 Å². The molecule has 0 spiro atoms. The molecule has 0 aliphatic carbocycles. The monoisotopic (exact) mass is 459 g/mol. The third-order valence-electron chi connectivity index (χ3n) is 5.28. The number of fused-ring (bicyclic) bond motifs is 1. The molecule has 0 bridgehead atoms. The summed E-state index contributed by atoms with van der Waals surface area (Å²) in [5, 5.41) is 11.8. The van der Waals surface area contributed by atoms with E-state index in [1.54, 1.807) is 18.2 Å². The number of aromatic carboxylic acids is 1. The van der Waals surface area contributed by atoms with Gasteiger partial charge in [0.25, 0.3) is 5.91 Å². The van der Waals surface area contributed by atoms with Gasteiger partial charge in [0.15, 0.2) is 0 Å². The fourth-order valence-corrected chi connectivity index (χ4v) is 3.66. The summed E-state index contributed by atoms with van der Waals surface area (Å²) < 4.78 is 58.0. The Balaban J connectivity index is 1.59. The van der Waals surface area contributed by atoms with Crippen LogP contribution in [0.1, 0.15) is 37.4 Å². The summed E-state index contributed by atoms with van der Waals surface area (Å²) in [6, 6.07) is 11.7. The number of hydrogen-bond acceptors (Lipinski definition) is 3. The highest BCUT2D eigenvalue weighted by atomic mass is 19.4. The summed E-state index contributed by atoms with van der Waals surface area (Å²) in [7, 11) is 0. The van der Waals surface area contributed by atoms with Crippen LogP contribution in [0.25, 0.3) is 11.1 Å². The topological polar surface area (TPSA) is 75.6 Å². The number of carbonyl (C=O) groups excluding carboxylic acids is 1. The number of carbonyl (C=O) groups is 2. The van der Waals surface area contributed by atoms with Crippen LogP contribution in [0.15, 0.2) is 54.6 Å². The van der Waals surface area contributed by atoms with Gasteiger partial charge in [0.05, 0.1) is 23.3 Å². The lowest BCUT2D eigenvalue weighted by molar-refractivity contribution is -0.137. The van der Waals surface area contributed by atoms with Crippen molar-refractivity contribution in [2.75, 3.05) is 6.61 Å². The lowest BCUT2D eigenvalue weighted by Crippen LogP contribution is -2.24. The van der Waals surface area contributed by atoms with E-state index in [1.807, 2.05) is 6.07 Å². The van der Waals surface area contributed by atoms with Crippen LogP contribution in [0.4, 0.5) is 17.6 Å². The number of ether oxygens (including phenoxy) is 1. The molecule has 4 rings (SSSR count). The number of carboxylic acids is 1. The highest BCUT2D eigenvalue weighted by Crippen LogP contribution is 2.35. The molecule has 0 saturated carbocycles. The summed E-state index contributed by atoms with van der Waals surface area (Å²) in [6.07, 6.45) is -4.09. The Hall–Kier alpha value is -3.88. The molecule has 3 aromatic rings. The van der Waals surface area contributed by atoms with Crippen LogP contribution in [0, 0.1) is 5.82 Å². The first kappa shape index (κ1) is 22.3. The minimum atomic E-state index is -4.72. The van der Waals surface area contributed by atoms with Crippen LogP contribution < -0.4 is 10.1 Å². The summed E-state index contributed by atoms with van der Waals surface area (Å²) in [6.45, 7) is 0.372. The van der Waals surface area contributed by atoms with E-state index in [2.05, 4.69) is 5.32 Å².